The Labute approximate surface area is 189 Å². The molecule has 1 amide bonds. The zero-order valence-electron chi connectivity index (χ0n) is 16.8. The number of ether oxygens (including phenoxy) is 1. The van der Waals surface area contributed by atoms with Gasteiger partial charge in [-0.3, -0.25) is 4.79 Å². The zero-order chi connectivity index (χ0) is 21.2. The Morgan fingerprint density at radius 1 is 1.16 bits per heavy atom. The molecular formula is C23H21ClN4O2S. The summed E-state index contributed by atoms with van der Waals surface area (Å²) in [5.41, 5.74) is 2.64. The number of thiazole rings is 1. The highest BCUT2D eigenvalue weighted by molar-refractivity contribution is 7.20. The minimum atomic E-state index is 0.0564. The van der Waals surface area contributed by atoms with Crippen LogP contribution in [-0.4, -0.2) is 44.5 Å². The van der Waals surface area contributed by atoms with Gasteiger partial charge in [0.2, 0.25) is 0 Å². The van der Waals surface area contributed by atoms with Gasteiger partial charge < -0.3 is 14.2 Å². The molecular weight excluding hydrogens is 432 g/mol. The molecule has 1 saturated heterocycles. The molecule has 0 atom stereocenters. The van der Waals surface area contributed by atoms with Crippen LogP contribution in [0.2, 0.25) is 5.02 Å². The number of nitrogens with zero attached hydrogens (tertiary/aromatic N) is 4. The van der Waals surface area contributed by atoms with Crippen LogP contribution in [0.1, 0.15) is 28.8 Å². The van der Waals surface area contributed by atoms with Crippen LogP contribution >= 0.6 is 22.9 Å². The van der Waals surface area contributed by atoms with Gasteiger partial charge in [-0.15, -0.1) is 0 Å². The lowest BCUT2D eigenvalue weighted by atomic mass is 10.1. The number of carbonyl (C=O) groups excluding carboxylic acids is 1. The van der Waals surface area contributed by atoms with Gasteiger partial charge in [0, 0.05) is 50.4 Å². The number of likely N-dealkylation sites (tertiary alicyclic amines) is 1. The molecule has 1 aliphatic heterocycles. The molecule has 3 heterocycles. The van der Waals surface area contributed by atoms with E-state index in [4.69, 9.17) is 16.3 Å². The van der Waals surface area contributed by atoms with Crippen molar-refractivity contribution in [1.29, 1.82) is 0 Å². The molecule has 0 saturated carbocycles. The fraction of sp³-hybridized carbons (Fsp3) is 0.261. The van der Waals surface area contributed by atoms with Gasteiger partial charge in [0.1, 0.15) is 11.6 Å². The van der Waals surface area contributed by atoms with Crippen molar-refractivity contribution in [2.45, 2.75) is 25.5 Å². The van der Waals surface area contributed by atoms with Crippen molar-refractivity contribution < 1.29 is 9.53 Å². The summed E-state index contributed by atoms with van der Waals surface area (Å²) in [7, 11) is 0. The highest BCUT2D eigenvalue weighted by Gasteiger charge is 2.25. The summed E-state index contributed by atoms with van der Waals surface area (Å²) in [4.78, 5) is 23.4. The van der Waals surface area contributed by atoms with Crippen molar-refractivity contribution in [3.63, 3.8) is 0 Å². The van der Waals surface area contributed by atoms with Gasteiger partial charge in [0.05, 0.1) is 16.0 Å². The molecule has 5 rings (SSSR count). The van der Waals surface area contributed by atoms with Crippen molar-refractivity contribution in [2.75, 3.05) is 13.1 Å². The van der Waals surface area contributed by atoms with E-state index in [0.29, 0.717) is 23.3 Å². The van der Waals surface area contributed by atoms with E-state index in [9.17, 15) is 4.79 Å². The Kier molecular flexibility index (Phi) is 5.61. The van der Waals surface area contributed by atoms with Crippen molar-refractivity contribution in [2.24, 2.45) is 0 Å². The van der Waals surface area contributed by atoms with E-state index in [1.54, 1.807) is 12.5 Å². The normalized spacial score (nSPS) is 14.8. The number of hydrogen-bond acceptors (Lipinski definition) is 5. The molecule has 0 bridgehead atoms. The lowest BCUT2D eigenvalue weighted by molar-refractivity contribution is 0.0595. The third-order valence-electron chi connectivity index (χ3n) is 5.47. The lowest BCUT2D eigenvalue weighted by Crippen LogP contribution is -2.41. The number of carbonyl (C=O) groups is 1. The minimum absolute atomic E-state index is 0.0564. The van der Waals surface area contributed by atoms with E-state index in [0.717, 1.165) is 40.7 Å². The van der Waals surface area contributed by atoms with Crippen molar-refractivity contribution in [3.05, 3.63) is 77.3 Å². The first-order chi connectivity index (χ1) is 15.2. The van der Waals surface area contributed by atoms with Gasteiger partial charge in [-0.2, -0.15) is 0 Å². The molecule has 2 aromatic carbocycles. The highest BCUT2D eigenvalue weighted by Crippen LogP contribution is 2.33. The van der Waals surface area contributed by atoms with Gasteiger partial charge in [0.15, 0.2) is 0 Å². The molecule has 158 valence electrons. The Balaban J connectivity index is 1.17. The number of fused-ring (bicyclic) bond motifs is 1. The highest BCUT2D eigenvalue weighted by atomic mass is 35.5. The molecule has 6 nitrogen and oxygen atoms in total. The first-order valence-electron chi connectivity index (χ1n) is 10.2. The Morgan fingerprint density at radius 2 is 1.97 bits per heavy atom. The molecule has 0 aliphatic carbocycles. The molecule has 2 aromatic heterocycles. The number of rotatable bonds is 5. The Morgan fingerprint density at radius 3 is 2.68 bits per heavy atom. The van der Waals surface area contributed by atoms with Crippen molar-refractivity contribution in [1.82, 2.24) is 19.4 Å². The molecule has 31 heavy (non-hydrogen) atoms. The Bertz CT molecular complexity index is 1180. The van der Waals surface area contributed by atoms with E-state index in [2.05, 4.69) is 9.97 Å². The number of benzene rings is 2. The molecule has 0 unspecified atom stereocenters. The third-order valence-corrected chi connectivity index (χ3v) is 6.69. The van der Waals surface area contributed by atoms with Crippen molar-refractivity contribution in [3.8, 4) is 5.19 Å². The largest absolute Gasteiger partial charge is 0.467 e. The Hall–Kier alpha value is -2.90. The standard InChI is InChI=1S/C23H21ClN4O2S/c24-19-2-1-3-20-21(19)26-23(31-20)30-18-8-11-28(12-9-18)22(29)17-6-4-16(5-7-17)14-27-13-10-25-15-27/h1-7,10,13,15,18H,8-9,11-12,14H2. The predicted octanol–water partition coefficient (Wildman–Crippen LogP) is 4.88. The minimum Gasteiger partial charge on any atom is -0.467 e. The van der Waals surface area contributed by atoms with Gasteiger partial charge >= 0.3 is 0 Å². The molecule has 0 N–H and O–H groups in total. The molecule has 4 aromatic rings. The van der Waals surface area contributed by atoms with Crippen LogP contribution in [-0.2, 0) is 6.54 Å². The van der Waals surface area contributed by atoms with Crippen LogP contribution in [0.5, 0.6) is 5.19 Å². The first-order valence-corrected chi connectivity index (χ1v) is 11.4. The van der Waals surface area contributed by atoms with Crippen LogP contribution in [0.4, 0.5) is 0 Å². The summed E-state index contributed by atoms with van der Waals surface area (Å²) < 4.78 is 9.12. The van der Waals surface area contributed by atoms with Crippen LogP contribution in [0.15, 0.2) is 61.2 Å². The summed E-state index contributed by atoms with van der Waals surface area (Å²) in [5, 5.41) is 1.28. The average Bonchev–Trinajstić information content (AvgIpc) is 3.45. The molecule has 1 fully saturated rings. The SMILES string of the molecule is O=C(c1ccc(Cn2ccnc2)cc1)N1CCC(Oc2nc3c(Cl)cccc3s2)CC1. The maximum atomic E-state index is 12.9. The topological polar surface area (TPSA) is 60.2 Å². The number of aromatic nitrogens is 3. The monoisotopic (exact) mass is 452 g/mol. The fourth-order valence-electron chi connectivity index (χ4n) is 3.79. The average molecular weight is 453 g/mol. The second-order valence-corrected chi connectivity index (χ2v) is 9.01. The van der Waals surface area contributed by atoms with Gasteiger partial charge in [-0.25, -0.2) is 9.97 Å². The number of para-hydroxylation sites is 1. The predicted molar refractivity (Wildman–Crippen MR) is 122 cm³/mol. The number of piperidine rings is 1. The van der Waals surface area contributed by atoms with E-state index in [-0.39, 0.29) is 12.0 Å². The van der Waals surface area contributed by atoms with Gasteiger partial charge in [0.25, 0.3) is 11.1 Å². The molecule has 0 radical (unpaired) electrons. The molecule has 1 aliphatic rings. The van der Waals surface area contributed by atoms with Crippen molar-refractivity contribution >= 4 is 39.1 Å². The maximum Gasteiger partial charge on any atom is 0.274 e. The van der Waals surface area contributed by atoms with E-state index in [1.807, 2.05) is 58.1 Å². The molecule has 0 spiro atoms. The van der Waals surface area contributed by atoms with Crippen LogP contribution < -0.4 is 4.74 Å². The summed E-state index contributed by atoms with van der Waals surface area (Å²) in [5.74, 6) is 0.0689. The maximum absolute atomic E-state index is 12.9. The van der Waals surface area contributed by atoms with Crippen LogP contribution in [0.3, 0.4) is 0 Å². The zero-order valence-corrected chi connectivity index (χ0v) is 18.4. The third kappa shape index (κ3) is 4.43. The smallest absolute Gasteiger partial charge is 0.274 e. The second kappa shape index (κ2) is 8.69. The van der Waals surface area contributed by atoms with E-state index >= 15 is 0 Å². The van der Waals surface area contributed by atoms with E-state index in [1.165, 1.54) is 11.3 Å². The number of halogens is 1. The number of hydrogen-bond donors (Lipinski definition) is 0. The summed E-state index contributed by atoms with van der Waals surface area (Å²) in [6.07, 6.45) is 7.10. The van der Waals surface area contributed by atoms with Crippen LogP contribution in [0, 0.1) is 0 Å². The summed E-state index contributed by atoms with van der Waals surface area (Å²) >= 11 is 7.72. The van der Waals surface area contributed by atoms with Crippen LogP contribution in [0.25, 0.3) is 10.2 Å². The second-order valence-electron chi connectivity index (χ2n) is 7.61. The summed E-state index contributed by atoms with van der Waals surface area (Å²) in [6.45, 7) is 2.09. The number of imidazole rings is 1. The summed E-state index contributed by atoms with van der Waals surface area (Å²) in [6, 6.07) is 13.6. The quantitative estimate of drug-likeness (QED) is 0.433. The first kappa shape index (κ1) is 20.0. The van der Waals surface area contributed by atoms with Gasteiger partial charge in [-0.05, 0) is 29.8 Å². The van der Waals surface area contributed by atoms with Gasteiger partial charge in [-0.1, -0.05) is 41.1 Å². The fourth-order valence-corrected chi connectivity index (χ4v) is 4.97. The lowest BCUT2D eigenvalue weighted by Gasteiger charge is -2.31. The number of amides is 1. The molecule has 8 heteroatoms. The van der Waals surface area contributed by atoms with E-state index < -0.39 is 0 Å².